The van der Waals surface area contributed by atoms with Gasteiger partial charge in [-0.05, 0) is 126 Å². The third-order valence-corrected chi connectivity index (χ3v) is 8.82. The lowest BCUT2D eigenvalue weighted by Crippen LogP contribution is -2.07. The fourth-order valence-corrected chi connectivity index (χ4v) is 5.81. The number of ether oxygens (including phenoxy) is 4. The molecule has 0 radical (unpaired) electrons. The highest BCUT2D eigenvalue weighted by Crippen LogP contribution is 2.47. The number of benzene rings is 4. The van der Waals surface area contributed by atoms with Crippen LogP contribution in [-0.2, 0) is 9.47 Å². The van der Waals surface area contributed by atoms with Crippen LogP contribution in [0.15, 0.2) is 77.9 Å². The van der Waals surface area contributed by atoms with E-state index >= 15 is 0 Å². The molecule has 10 nitrogen and oxygen atoms in total. The van der Waals surface area contributed by atoms with Crippen LogP contribution in [0, 0.1) is 23.5 Å². The number of hydrogen-bond acceptors (Lipinski definition) is 8. The van der Waals surface area contributed by atoms with Gasteiger partial charge >= 0.3 is 11.9 Å². The summed E-state index contributed by atoms with van der Waals surface area (Å²) in [6.07, 6.45) is 2.95. The lowest BCUT2D eigenvalue weighted by molar-refractivity contribution is 0.0591. The third kappa shape index (κ3) is 8.05. The maximum absolute atomic E-state index is 14.5. The van der Waals surface area contributed by atoms with E-state index in [2.05, 4.69) is 10.0 Å². The maximum atomic E-state index is 14.5. The number of aliphatic hydroxyl groups excluding tert-OH is 1. The van der Waals surface area contributed by atoms with Gasteiger partial charge in [-0.3, -0.25) is 0 Å². The van der Waals surface area contributed by atoms with E-state index in [4.69, 9.17) is 24.5 Å². The quantitative estimate of drug-likeness (QED) is 0.0720. The summed E-state index contributed by atoms with van der Waals surface area (Å²) in [5, 5.41) is 14.5. The van der Waals surface area contributed by atoms with Crippen LogP contribution < -0.4 is 9.47 Å². The molecule has 1 N–H and O–H groups in total. The Balaban J connectivity index is 0.000000195. The van der Waals surface area contributed by atoms with Gasteiger partial charge in [-0.1, -0.05) is 17.2 Å². The van der Waals surface area contributed by atoms with E-state index in [1.807, 2.05) is 0 Å². The van der Waals surface area contributed by atoms with Gasteiger partial charge in [0.15, 0.2) is 0 Å². The van der Waals surface area contributed by atoms with Gasteiger partial charge in [0.2, 0.25) is 0 Å². The van der Waals surface area contributed by atoms with Gasteiger partial charge in [0.05, 0.1) is 51.7 Å². The van der Waals surface area contributed by atoms with E-state index in [0.29, 0.717) is 56.0 Å². The predicted molar refractivity (Wildman–Crippen MR) is 182 cm³/mol. The number of rotatable bonds is 11. The van der Waals surface area contributed by atoms with Crippen LogP contribution >= 0.6 is 0 Å². The number of nitrogens with zero attached hydrogens (tertiary/aromatic N) is 3. The van der Waals surface area contributed by atoms with E-state index in [1.165, 1.54) is 46.6 Å². The van der Waals surface area contributed by atoms with Crippen LogP contribution in [0.4, 0.5) is 8.78 Å². The number of halogens is 2. The van der Waals surface area contributed by atoms with Gasteiger partial charge in [-0.25, -0.2) is 18.4 Å². The minimum absolute atomic E-state index is 0.144. The molecular formula is C38H37F2N3O7. The molecule has 260 valence electrons. The summed E-state index contributed by atoms with van der Waals surface area (Å²) >= 11 is 0. The average molecular weight is 686 g/mol. The summed E-state index contributed by atoms with van der Waals surface area (Å²) in [7, 11) is 5.61. The molecule has 2 aliphatic carbocycles. The van der Waals surface area contributed by atoms with Gasteiger partial charge in [-0.2, -0.15) is 0 Å². The van der Waals surface area contributed by atoms with Crippen molar-refractivity contribution in [1.82, 2.24) is 0 Å². The zero-order chi connectivity index (χ0) is 35.9. The fraction of sp³-hybridized carbons (Fsp3) is 0.316. The smallest absolute Gasteiger partial charge is 0.337 e. The van der Waals surface area contributed by atoms with Gasteiger partial charge in [0, 0.05) is 16.0 Å². The SMILES string of the molecule is COC(=O)c1ccc(-c2cc(OC)ccc2F)c(C(N=[N+]=[N-])C2CC2)c1.COC(=O)c1ccc(-c2cc(OC)ccc2F)c(C(O)C2CC2)c1. The Morgan fingerprint density at radius 3 is 1.58 bits per heavy atom. The largest absolute Gasteiger partial charge is 0.497 e. The number of hydrogen-bond donors (Lipinski definition) is 1. The van der Waals surface area contributed by atoms with Crippen LogP contribution in [0.25, 0.3) is 32.7 Å². The number of methoxy groups -OCH3 is 4. The van der Waals surface area contributed by atoms with E-state index < -0.39 is 35.7 Å². The topological polar surface area (TPSA) is 140 Å². The first-order chi connectivity index (χ1) is 24.1. The first-order valence-corrected chi connectivity index (χ1v) is 16.0. The fourth-order valence-electron chi connectivity index (χ4n) is 5.81. The number of esters is 2. The summed E-state index contributed by atoms with van der Waals surface area (Å²) in [4.78, 5) is 26.7. The molecule has 0 aromatic heterocycles. The molecule has 0 saturated heterocycles. The molecule has 2 fully saturated rings. The minimum atomic E-state index is -0.741. The van der Waals surface area contributed by atoms with Crippen molar-refractivity contribution in [2.75, 3.05) is 28.4 Å². The van der Waals surface area contributed by atoms with Crippen LogP contribution in [-0.4, -0.2) is 45.5 Å². The Bertz CT molecular complexity index is 1940. The Hall–Kier alpha value is -5.45. The average Bonchev–Trinajstić information content (AvgIpc) is 4.08. The van der Waals surface area contributed by atoms with Crippen LogP contribution in [0.5, 0.6) is 11.5 Å². The number of carbonyl (C=O) groups is 2. The van der Waals surface area contributed by atoms with E-state index in [9.17, 15) is 23.5 Å². The Morgan fingerprint density at radius 2 is 1.16 bits per heavy atom. The van der Waals surface area contributed by atoms with E-state index in [-0.39, 0.29) is 11.8 Å². The summed E-state index contributed by atoms with van der Waals surface area (Å²) in [6.45, 7) is 0. The molecule has 12 heteroatoms. The predicted octanol–water partition coefficient (Wildman–Crippen LogP) is 8.78. The summed E-state index contributed by atoms with van der Waals surface area (Å²) in [5.41, 5.74) is 12.6. The molecule has 50 heavy (non-hydrogen) atoms. The van der Waals surface area contributed by atoms with Gasteiger partial charge in [-0.15, -0.1) is 0 Å². The van der Waals surface area contributed by atoms with Crippen molar-refractivity contribution in [3.05, 3.63) is 117 Å². The zero-order valence-corrected chi connectivity index (χ0v) is 28.1. The zero-order valence-electron chi connectivity index (χ0n) is 28.1. The maximum Gasteiger partial charge on any atom is 0.337 e. The highest BCUT2D eigenvalue weighted by atomic mass is 19.1. The molecule has 2 saturated carbocycles. The van der Waals surface area contributed by atoms with Crippen molar-refractivity contribution in [1.29, 1.82) is 0 Å². The Labute approximate surface area is 288 Å². The van der Waals surface area contributed by atoms with Gasteiger partial charge < -0.3 is 24.1 Å². The summed E-state index contributed by atoms with van der Waals surface area (Å²) < 4.78 is 48.7. The molecule has 0 amide bonds. The van der Waals surface area contributed by atoms with Crippen molar-refractivity contribution >= 4 is 11.9 Å². The van der Waals surface area contributed by atoms with E-state index in [0.717, 1.165) is 25.7 Å². The molecule has 2 unspecified atom stereocenters. The normalized spacial score (nSPS) is 14.6. The Morgan fingerprint density at radius 1 is 0.700 bits per heavy atom. The first-order valence-electron chi connectivity index (χ1n) is 16.0. The molecule has 2 atom stereocenters. The standard InChI is InChI=1S/C19H18FN3O3.C19H19FO4/c1-25-13-6-8-17(20)15(10-13)14-7-5-12(19(24)26-2)9-16(14)18(22-23-21)11-3-4-11;1-23-13-6-8-17(20)15(10-13)14-7-5-12(19(22)24-2)9-16(14)18(21)11-3-4-11/h5-11,18H,3-4H2,1-2H3;5-11,18,21H,3-4H2,1-2H3. The molecule has 4 aromatic carbocycles. The molecule has 0 spiro atoms. The number of carbonyl (C=O) groups excluding carboxylic acids is 2. The van der Waals surface area contributed by atoms with Crippen LogP contribution in [0.3, 0.4) is 0 Å². The second-order valence-electron chi connectivity index (χ2n) is 12.0. The van der Waals surface area contributed by atoms with Crippen molar-refractivity contribution in [3.63, 3.8) is 0 Å². The lowest BCUT2D eigenvalue weighted by Gasteiger charge is -2.18. The van der Waals surface area contributed by atoms with Crippen molar-refractivity contribution < 1.29 is 42.4 Å². The third-order valence-electron chi connectivity index (χ3n) is 8.82. The first kappa shape index (κ1) is 35.8. The lowest BCUT2D eigenvalue weighted by atomic mass is 9.91. The molecule has 2 aliphatic rings. The highest BCUT2D eigenvalue weighted by Gasteiger charge is 2.35. The second-order valence-corrected chi connectivity index (χ2v) is 12.0. The second kappa shape index (κ2) is 15.8. The Kier molecular flexibility index (Phi) is 11.4. The highest BCUT2D eigenvalue weighted by molar-refractivity contribution is 5.91. The van der Waals surface area contributed by atoms with Crippen LogP contribution in [0.2, 0.25) is 0 Å². The van der Waals surface area contributed by atoms with Gasteiger partial charge in [0.25, 0.3) is 0 Å². The molecule has 0 heterocycles. The summed E-state index contributed by atoms with van der Waals surface area (Å²) in [6, 6.07) is 18.1. The van der Waals surface area contributed by atoms with Crippen molar-refractivity contribution in [2.24, 2.45) is 17.0 Å². The molecule has 6 rings (SSSR count). The van der Waals surface area contributed by atoms with Gasteiger partial charge in [0.1, 0.15) is 23.1 Å². The summed E-state index contributed by atoms with van der Waals surface area (Å²) in [5.74, 6) is -0.460. The molecule has 0 aliphatic heterocycles. The van der Waals surface area contributed by atoms with Crippen molar-refractivity contribution in [3.8, 4) is 33.8 Å². The number of aliphatic hydroxyl groups is 1. The molecule has 4 aromatic rings. The molecule has 0 bridgehead atoms. The monoisotopic (exact) mass is 685 g/mol. The number of azide groups is 1. The molecular weight excluding hydrogens is 648 g/mol. The minimum Gasteiger partial charge on any atom is -0.497 e. The van der Waals surface area contributed by atoms with E-state index in [1.54, 1.807) is 54.6 Å². The van der Waals surface area contributed by atoms with Crippen LogP contribution in [0.1, 0.15) is 69.7 Å². The van der Waals surface area contributed by atoms with Crippen molar-refractivity contribution in [2.45, 2.75) is 37.8 Å².